The fourth-order valence-electron chi connectivity index (χ4n) is 4.27. The van der Waals surface area contributed by atoms with Gasteiger partial charge in [-0.1, -0.05) is 26.0 Å². The highest BCUT2D eigenvalue weighted by atomic mass is 16.5. The predicted molar refractivity (Wildman–Crippen MR) is 118 cm³/mol. The number of piperidine rings is 1. The molecule has 0 bridgehead atoms. The monoisotopic (exact) mass is 472 g/mol. The first-order valence-corrected chi connectivity index (χ1v) is 11.0. The first-order valence-electron chi connectivity index (χ1n) is 11.0. The molecule has 2 aliphatic heterocycles. The third kappa shape index (κ3) is 4.84. The van der Waals surface area contributed by atoms with E-state index in [0.717, 1.165) is 4.90 Å². The van der Waals surface area contributed by atoms with Crippen molar-refractivity contribution in [1.29, 1.82) is 0 Å². The Labute approximate surface area is 197 Å². The van der Waals surface area contributed by atoms with Crippen LogP contribution in [0.2, 0.25) is 0 Å². The van der Waals surface area contributed by atoms with Gasteiger partial charge in [-0.15, -0.1) is 0 Å². The van der Waals surface area contributed by atoms with Gasteiger partial charge in [-0.2, -0.15) is 0 Å². The van der Waals surface area contributed by atoms with Crippen molar-refractivity contribution in [3.63, 3.8) is 0 Å². The predicted octanol–water partition coefficient (Wildman–Crippen LogP) is 0.00330. The van der Waals surface area contributed by atoms with Crippen molar-refractivity contribution in [2.24, 2.45) is 5.92 Å². The molecule has 0 spiro atoms. The highest BCUT2D eigenvalue weighted by molar-refractivity contribution is 6.23. The third-order valence-electron chi connectivity index (χ3n) is 5.84. The molecule has 1 aromatic rings. The van der Waals surface area contributed by atoms with E-state index in [2.05, 4.69) is 5.32 Å². The number of nitrogens with zero attached hydrogens (tertiary/aromatic N) is 3. The van der Waals surface area contributed by atoms with Gasteiger partial charge in [-0.25, -0.2) is 4.90 Å². The van der Waals surface area contributed by atoms with Gasteiger partial charge in [0.2, 0.25) is 11.8 Å². The topological polar surface area (TPSA) is 133 Å². The Morgan fingerprint density at radius 2 is 1.68 bits per heavy atom. The molecule has 3 rings (SSSR count). The number of benzene rings is 1. The molecule has 1 saturated heterocycles. The van der Waals surface area contributed by atoms with Gasteiger partial charge >= 0.3 is 5.97 Å². The van der Waals surface area contributed by atoms with Gasteiger partial charge in [0.25, 0.3) is 17.7 Å². The number of hydrogen-bond acceptors (Lipinski definition) is 8. The Bertz CT molecular complexity index is 993. The van der Waals surface area contributed by atoms with E-state index < -0.39 is 55.0 Å². The lowest BCUT2D eigenvalue weighted by molar-refractivity contribution is -0.163. The molecule has 0 saturated carbocycles. The number of carbonyl (C=O) groups is 6. The number of nitrogens with one attached hydrogen (secondary N) is 1. The first kappa shape index (κ1) is 25.0. The quantitative estimate of drug-likeness (QED) is 0.413. The molecule has 1 unspecified atom stereocenters. The summed E-state index contributed by atoms with van der Waals surface area (Å²) in [7, 11) is 3.50. The molecule has 1 aromatic carbocycles. The first-order chi connectivity index (χ1) is 16.0. The molecular weight excluding hydrogens is 444 g/mol. The van der Waals surface area contributed by atoms with Gasteiger partial charge in [0, 0.05) is 6.42 Å². The molecule has 182 valence electrons. The standard InChI is InChI=1S/C23H28N4O7/c1-13(2)19(25(3)4)20(30)24-11-18(29)34-12-26-17(28)10-9-16(23(26)33)27-21(31)14-7-5-6-8-15(14)22(27)32/h5-8,13,16,19H,9-12H2,1-4H3,(H,24,30)/t16-,19?/m0/s1. The van der Waals surface area contributed by atoms with Crippen molar-refractivity contribution in [2.75, 3.05) is 27.4 Å². The number of ether oxygens (including phenoxy) is 1. The lowest BCUT2D eigenvalue weighted by Crippen LogP contribution is -2.56. The number of rotatable bonds is 8. The minimum atomic E-state index is -1.17. The fourth-order valence-corrected chi connectivity index (χ4v) is 4.27. The molecule has 0 aliphatic carbocycles. The molecule has 2 atom stereocenters. The molecule has 34 heavy (non-hydrogen) atoms. The maximum Gasteiger partial charge on any atom is 0.327 e. The van der Waals surface area contributed by atoms with Gasteiger partial charge in [0.05, 0.1) is 17.2 Å². The van der Waals surface area contributed by atoms with Crippen LogP contribution in [0.4, 0.5) is 0 Å². The van der Waals surface area contributed by atoms with Crippen LogP contribution < -0.4 is 5.32 Å². The summed E-state index contributed by atoms with van der Waals surface area (Å²) in [5, 5.41) is 2.49. The number of amides is 5. The Kier molecular flexibility index (Phi) is 7.45. The van der Waals surface area contributed by atoms with E-state index in [1.54, 1.807) is 31.1 Å². The number of likely N-dealkylation sites (tertiary alicyclic amines) is 1. The Morgan fingerprint density at radius 1 is 1.09 bits per heavy atom. The molecular formula is C23H28N4O7. The van der Waals surface area contributed by atoms with E-state index in [9.17, 15) is 28.8 Å². The Hall–Kier alpha value is -3.60. The molecule has 2 heterocycles. The number of hydrogen-bond donors (Lipinski definition) is 1. The van der Waals surface area contributed by atoms with E-state index in [4.69, 9.17) is 4.74 Å². The number of likely N-dealkylation sites (N-methyl/N-ethyl adjacent to an activating group) is 1. The van der Waals surface area contributed by atoms with Crippen molar-refractivity contribution in [3.8, 4) is 0 Å². The minimum Gasteiger partial charge on any atom is -0.442 e. The Balaban J connectivity index is 1.60. The van der Waals surface area contributed by atoms with E-state index in [1.165, 1.54) is 12.1 Å². The van der Waals surface area contributed by atoms with Gasteiger partial charge in [0.15, 0.2) is 6.73 Å². The van der Waals surface area contributed by atoms with Crippen molar-refractivity contribution < 1.29 is 33.5 Å². The van der Waals surface area contributed by atoms with Crippen molar-refractivity contribution in [2.45, 2.75) is 38.8 Å². The van der Waals surface area contributed by atoms with Crippen LogP contribution >= 0.6 is 0 Å². The molecule has 1 fully saturated rings. The molecule has 1 N–H and O–H groups in total. The van der Waals surface area contributed by atoms with E-state index in [-0.39, 0.29) is 35.8 Å². The van der Waals surface area contributed by atoms with Crippen LogP contribution in [0.5, 0.6) is 0 Å². The number of carbonyl (C=O) groups excluding carboxylic acids is 6. The largest absolute Gasteiger partial charge is 0.442 e. The zero-order valence-corrected chi connectivity index (χ0v) is 19.6. The lowest BCUT2D eigenvalue weighted by Gasteiger charge is -2.34. The van der Waals surface area contributed by atoms with Crippen LogP contribution in [0.15, 0.2) is 24.3 Å². The fraction of sp³-hybridized carbons (Fsp3) is 0.478. The molecule has 0 aromatic heterocycles. The lowest BCUT2D eigenvalue weighted by atomic mass is 10.0. The summed E-state index contributed by atoms with van der Waals surface area (Å²) in [6.07, 6.45) is -0.109. The number of fused-ring (bicyclic) bond motifs is 1. The third-order valence-corrected chi connectivity index (χ3v) is 5.84. The highest BCUT2D eigenvalue weighted by Crippen LogP contribution is 2.28. The number of imide groups is 2. The summed E-state index contributed by atoms with van der Waals surface area (Å²) in [6, 6.07) is 4.62. The molecule has 11 heteroatoms. The summed E-state index contributed by atoms with van der Waals surface area (Å²) >= 11 is 0. The second-order valence-electron chi connectivity index (χ2n) is 8.76. The second-order valence-corrected chi connectivity index (χ2v) is 8.76. The smallest absolute Gasteiger partial charge is 0.327 e. The van der Waals surface area contributed by atoms with Crippen LogP contribution in [0.3, 0.4) is 0 Å². The molecule has 0 radical (unpaired) electrons. The summed E-state index contributed by atoms with van der Waals surface area (Å²) in [6.45, 7) is 2.64. The normalized spacial score (nSPS) is 19.1. The average molecular weight is 472 g/mol. The maximum absolute atomic E-state index is 13.0. The van der Waals surface area contributed by atoms with Crippen LogP contribution in [-0.4, -0.2) is 89.7 Å². The van der Waals surface area contributed by atoms with Gasteiger partial charge in [-0.3, -0.25) is 38.6 Å². The summed E-state index contributed by atoms with van der Waals surface area (Å²) in [5.41, 5.74) is 0.395. The van der Waals surface area contributed by atoms with E-state index in [1.807, 2.05) is 13.8 Å². The average Bonchev–Trinajstić information content (AvgIpc) is 3.02. The summed E-state index contributed by atoms with van der Waals surface area (Å²) in [4.78, 5) is 78.5. The molecule has 11 nitrogen and oxygen atoms in total. The molecule has 2 aliphatic rings. The van der Waals surface area contributed by atoms with Crippen LogP contribution in [-0.2, 0) is 23.9 Å². The minimum absolute atomic E-state index is 0.00805. The summed E-state index contributed by atoms with van der Waals surface area (Å²) in [5.74, 6) is -3.76. The van der Waals surface area contributed by atoms with Crippen LogP contribution in [0.25, 0.3) is 0 Å². The van der Waals surface area contributed by atoms with Crippen molar-refractivity contribution >= 4 is 35.5 Å². The van der Waals surface area contributed by atoms with Crippen molar-refractivity contribution in [3.05, 3.63) is 35.4 Å². The van der Waals surface area contributed by atoms with Gasteiger partial charge in [0.1, 0.15) is 12.6 Å². The van der Waals surface area contributed by atoms with E-state index >= 15 is 0 Å². The second kappa shape index (κ2) is 10.1. The van der Waals surface area contributed by atoms with Crippen LogP contribution in [0.1, 0.15) is 47.4 Å². The molecule has 5 amide bonds. The summed E-state index contributed by atoms with van der Waals surface area (Å²) < 4.78 is 5.03. The van der Waals surface area contributed by atoms with Crippen molar-refractivity contribution in [1.82, 2.24) is 20.0 Å². The Morgan fingerprint density at radius 3 is 2.21 bits per heavy atom. The van der Waals surface area contributed by atoms with Gasteiger partial charge in [-0.05, 0) is 38.6 Å². The zero-order valence-electron chi connectivity index (χ0n) is 19.6. The van der Waals surface area contributed by atoms with E-state index in [0.29, 0.717) is 4.90 Å². The highest BCUT2D eigenvalue weighted by Gasteiger charge is 2.47. The number of esters is 1. The maximum atomic E-state index is 13.0. The van der Waals surface area contributed by atoms with Gasteiger partial charge < -0.3 is 10.1 Å². The SMILES string of the molecule is CC(C)C(C(=O)NCC(=O)OCN1C(=O)CC[C@H](N2C(=O)c3ccccc3C2=O)C1=O)N(C)C. The zero-order chi connectivity index (χ0) is 25.2. The van der Waals surface area contributed by atoms with Crippen LogP contribution in [0, 0.1) is 5.92 Å².